The normalized spacial score (nSPS) is 10.5. The molecule has 3 nitrogen and oxygen atoms in total. The third-order valence-corrected chi connectivity index (χ3v) is 2.03. The summed E-state index contributed by atoms with van der Waals surface area (Å²) in [7, 11) is 1.66. The van der Waals surface area contributed by atoms with Gasteiger partial charge in [-0.1, -0.05) is 0 Å². The van der Waals surface area contributed by atoms with Crippen LogP contribution in [-0.4, -0.2) is 17.1 Å². The number of hydrogen-bond acceptors (Lipinski definition) is 2. The van der Waals surface area contributed by atoms with E-state index in [4.69, 9.17) is 4.74 Å². The van der Waals surface area contributed by atoms with Gasteiger partial charge in [-0.25, -0.2) is 4.98 Å². The van der Waals surface area contributed by atoms with Crippen LogP contribution in [0.25, 0.3) is 11.0 Å². The Bertz CT molecular complexity index is 406. The Balaban J connectivity index is 2.78. The molecule has 0 aliphatic carbocycles. The summed E-state index contributed by atoms with van der Waals surface area (Å²) in [6.45, 7) is 2.02. The highest BCUT2D eigenvalue weighted by Gasteiger charge is 2.04. The molecule has 1 N–H and O–H groups in total. The number of fused-ring (bicyclic) bond motifs is 1. The van der Waals surface area contributed by atoms with Crippen LogP contribution in [0.1, 0.15) is 5.56 Å². The number of aryl methyl sites for hydroxylation is 1. The van der Waals surface area contributed by atoms with Crippen LogP contribution >= 0.6 is 0 Å². The lowest BCUT2D eigenvalue weighted by atomic mass is 10.2. The maximum Gasteiger partial charge on any atom is 0.140 e. The molecule has 0 spiro atoms. The molecule has 2 heterocycles. The van der Waals surface area contributed by atoms with Crippen molar-refractivity contribution in [2.45, 2.75) is 6.92 Å². The number of ether oxygens (including phenoxy) is 1. The van der Waals surface area contributed by atoms with E-state index in [-0.39, 0.29) is 0 Å². The summed E-state index contributed by atoms with van der Waals surface area (Å²) >= 11 is 0. The second kappa shape index (κ2) is 2.52. The second-order valence-corrected chi connectivity index (χ2v) is 2.69. The summed E-state index contributed by atoms with van der Waals surface area (Å²) in [5, 5.41) is 1.12. The van der Waals surface area contributed by atoms with E-state index in [1.165, 1.54) is 0 Å². The lowest BCUT2D eigenvalue weighted by Crippen LogP contribution is -1.89. The van der Waals surface area contributed by atoms with Gasteiger partial charge >= 0.3 is 0 Å². The number of nitrogens with zero attached hydrogens (tertiary/aromatic N) is 1. The summed E-state index contributed by atoms with van der Waals surface area (Å²) in [4.78, 5) is 7.24. The number of aromatic amines is 1. The fraction of sp³-hybridized carbons (Fsp3) is 0.222. The van der Waals surface area contributed by atoms with Crippen molar-refractivity contribution in [2.75, 3.05) is 7.11 Å². The molecule has 0 amide bonds. The molecule has 0 radical (unpaired) electrons. The zero-order chi connectivity index (χ0) is 8.55. The average molecular weight is 162 g/mol. The summed E-state index contributed by atoms with van der Waals surface area (Å²) < 4.78 is 5.15. The zero-order valence-corrected chi connectivity index (χ0v) is 7.09. The highest BCUT2D eigenvalue weighted by molar-refractivity contribution is 5.81. The average Bonchev–Trinajstić information content (AvgIpc) is 2.53. The first-order valence-corrected chi connectivity index (χ1v) is 3.79. The topological polar surface area (TPSA) is 37.9 Å². The number of rotatable bonds is 1. The number of aromatic nitrogens is 2. The van der Waals surface area contributed by atoms with Gasteiger partial charge in [-0.15, -0.1) is 0 Å². The van der Waals surface area contributed by atoms with Crippen LogP contribution in [-0.2, 0) is 0 Å². The van der Waals surface area contributed by atoms with Crippen LogP contribution in [0, 0.1) is 6.92 Å². The minimum absolute atomic E-state index is 0.835. The molecule has 62 valence electrons. The molecule has 0 saturated heterocycles. The zero-order valence-electron chi connectivity index (χ0n) is 7.09. The lowest BCUT2D eigenvalue weighted by molar-refractivity contribution is 0.411. The van der Waals surface area contributed by atoms with Crippen LogP contribution in [0.4, 0.5) is 0 Å². The van der Waals surface area contributed by atoms with Gasteiger partial charge in [0.1, 0.15) is 11.4 Å². The minimum Gasteiger partial charge on any atom is -0.495 e. The summed E-state index contributed by atoms with van der Waals surface area (Å²) in [6.07, 6.45) is 3.61. The van der Waals surface area contributed by atoms with Crippen molar-refractivity contribution < 1.29 is 4.74 Å². The predicted molar refractivity (Wildman–Crippen MR) is 47.4 cm³/mol. The van der Waals surface area contributed by atoms with Gasteiger partial charge < -0.3 is 9.72 Å². The van der Waals surface area contributed by atoms with Crippen molar-refractivity contribution in [3.63, 3.8) is 0 Å². The van der Waals surface area contributed by atoms with Gasteiger partial charge in [-0.05, 0) is 13.0 Å². The highest BCUT2D eigenvalue weighted by atomic mass is 16.5. The Morgan fingerprint density at radius 2 is 2.33 bits per heavy atom. The molecule has 2 aromatic rings. The number of pyridine rings is 1. The maximum absolute atomic E-state index is 5.15. The molecule has 2 aromatic heterocycles. The third-order valence-electron chi connectivity index (χ3n) is 2.03. The molecule has 0 atom stereocenters. The highest BCUT2D eigenvalue weighted by Crippen LogP contribution is 2.23. The monoisotopic (exact) mass is 162 g/mol. The van der Waals surface area contributed by atoms with Crippen molar-refractivity contribution in [3.05, 3.63) is 24.0 Å². The van der Waals surface area contributed by atoms with E-state index in [9.17, 15) is 0 Å². The van der Waals surface area contributed by atoms with Gasteiger partial charge in [0.2, 0.25) is 0 Å². The van der Waals surface area contributed by atoms with Crippen molar-refractivity contribution in [2.24, 2.45) is 0 Å². The fourth-order valence-corrected chi connectivity index (χ4v) is 1.33. The van der Waals surface area contributed by atoms with Crippen molar-refractivity contribution in [1.82, 2.24) is 9.97 Å². The Morgan fingerprint density at radius 3 is 3.08 bits per heavy atom. The van der Waals surface area contributed by atoms with Crippen LogP contribution in [0.2, 0.25) is 0 Å². The minimum atomic E-state index is 0.835. The Morgan fingerprint density at radius 1 is 1.50 bits per heavy atom. The molecular weight excluding hydrogens is 152 g/mol. The van der Waals surface area contributed by atoms with E-state index < -0.39 is 0 Å². The van der Waals surface area contributed by atoms with Gasteiger partial charge in [-0.2, -0.15) is 0 Å². The van der Waals surface area contributed by atoms with E-state index >= 15 is 0 Å². The standard InChI is InChI=1S/C9H10N2O/c1-6-7-3-4-10-9(7)11-5-8(6)12-2/h3-5H,1-2H3,(H,10,11). The second-order valence-electron chi connectivity index (χ2n) is 2.69. The van der Waals surface area contributed by atoms with Crippen molar-refractivity contribution in [3.8, 4) is 5.75 Å². The molecular formula is C9H10N2O. The summed E-state index contributed by atoms with van der Waals surface area (Å²) in [5.41, 5.74) is 2.04. The molecule has 0 fully saturated rings. The maximum atomic E-state index is 5.15. The molecule has 0 saturated carbocycles. The van der Waals surface area contributed by atoms with Crippen LogP contribution in [0.3, 0.4) is 0 Å². The first-order chi connectivity index (χ1) is 5.83. The molecule has 2 rings (SSSR count). The van der Waals surface area contributed by atoms with E-state index in [0.717, 1.165) is 22.3 Å². The molecule has 0 aliphatic rings. The third kappa shape index (κ3) is 0.863. The van der Waals surface area contributed by atoms with E-state index in [1.807, 2.05) is 19.2 Å². The SMILES string of the molecule is COc1cnc2[nH]ccc2c1C. The Labute approximate surface area is 70.4 Å². The summed E-state index contributed by atoms with van der Waals surface area (Å²) in [6, 6.07) is 2.00. The molecule has 3 heteroatoms. The predicted octanol–water partition coefficient (Wildman–Crippen LogP) is 1.88. The van der Waals surface area contributed by atoms with Gasteiger partial charge in [-0.3, -0.25) is 0 Å². The smallest absolute Gasteiger partial charge is 0.140 e. The van der Waals surface area contributed by atoms with E-state index in [0.29, 0.717) is 0 Å². The largest absolute Gasteiger partial charge is 0.495 e. The van der Waals surface area contributed by atoms with Crippen LogP contribution in [0.5, 0.6) is 5.75 Å². The Hall–Kier alpha value is -1.51. The lowest BCUT2D eigenvalue weighted by Gasteiger charge is -2.03. The quantitative estimate of drug-likeness (QED) is 0.695. The number of hydrogen-bond donors (Lipinski definition) is 1. The van der Waals surface area contributed by atoms with Gasteiger partial charge in [0.25, 0.3) is 0 Å². The van der Waals surface area contributed by atoms with Crippen molar-refractivity contribution in [1.29, 1.82) is 0 Å². The molecule has 0 bridgehead atoms. The first kappa shape index (κ1) is 7.16. The fourth-order valence-electron chi connectivity index (χ4n) is 1.33. The first-order valence-electron chi connectivity index (χ1n) is 3.79. The number of nitrogens with one attached hydrogen (secondary N) is 1. The van der Waals surface area contributed by atoms with Gasteiger partial charge in [0, 0.05) is 17.1 Å². The Kier molecular flexibility index (Phi) is 1.50. The van der Waals surface area contributed by atoms with Gasteiger partial charge in [0.05, 0.1) is 13.3 Å². The molecule has 0 unspecified atom stereocenters. The van der Waals surface area contributed by atoms with Crippen LogP contribution < -0.4 is 4.74 Å². The van der Waals surface area contributed by atoms with E-state index in [1.54, 1.807) is 13.3 Å². The van der Waals surface area contributed by atoms with E-state index in [2.05, 4.69) is 9.97 Å². The summed E-state index contributed by atoms with van der Waals surface area (Å²) in [5.74, 6) is 0.835. The molecule has 0 aliphatic heterocycles. The van der Waals surface area contributed by atoms with Gasteiger partial charge in [0.15, 0.2) is 0 Å². The van der Waals surface area contributed by atoms with Crippen molar-refractivity contribution >= 4 is 11.0 Å². The molecule has 0 aromatic carbocycles. The molecule has 12 heavy (non-hydrogen) atoms. The van der Waals surface area contributed by atoms with Crippen LogP contribution in [0.15, 0.2) is 18.5 Å². The number of methoxy groups -OCH3 is 1. The number of H-pyrrole nitrogens is 1.